The summed E-state index contributed by atoms with van der Waals surface area (Å²) in [7, 11) is 0. The lowest BCUT2D eigenvalue weighted by Crippen LogP contribution is -2.02. The van der Waals surface area contributed by atoms with Crippen LogP contribution >= 0.6 is 0 Å². The summed E-state index contributed by atoms with van der Waals surface area (Å²) in [5.74, 6) is 0.861. The summed E-state index contributed by atoms with van der Waals surface area (Å²) in [6.07, 6.45) is 0. The maximum absolute atomic E-state index is 5.18. The van der Waals surface area contributed by atoms with Crippen LogP contribution in [0, 0.1) is 20.8 Å². The highest BCUT2D eigenvalue weighted by molar-refractivity contribution is 5.90. The Kier molecular flexibility index (Phi) is 3.14. The fourth-order valence-electron chi connectivity index (χ4n) is 2.33. The first-order valence-corrected chi connectivity index (χ1v) is 6.67. The average Bonchev–Trinajstić information content (AvgIpc) is 2.76. The van der Waals surface area contributed by atoms with E-state index in [1.165, 1.54) is 0 Å². The number of pyridine rings is 1. The van der Waals surface area contributed by atoms with E-state index in [9.17, 15) is 0 Å². The lowest BCUT2D eigenvalue weighted by atomic mass is 10.1. The molecule has 1 aromatic carbocycles. The van der Waals surface area contributed by atoms with Crippen LogP contribution < -0.4 is 5.32 Å². The standard InChI is InChI=1S/C16H17N3O/c1-10-7-8-13-5-4-6-15(16(13)18-10)17-9-14-11(2)19-20-12(14)3/h4-8,17H,9H2,1-3H3. The number of aryl methyl sites for hydroxylation is 3. The van der Waals surface area contributed by atoms with Crippen molar-refractivity contribution in [3.05, 3.63) is 53.0 Å². The van der Waals surface area contributed by atoms with Gasteiger partial charge in [-0.05, 0) is 32.9 Å². The van der Waals surface area contributed by atoms with E-state index in [0.717, 1.165) is 39.3 Å². The zero-order valence-electron chi connectivity index (χ0n) is 11.9. The minimum absolute atomic E-state index is 0.690. The van der Waals surface area contributed by atoms with Crippen molar-refractivity contribution in [2.24, 2.45) is 0 Å². The van der Waals surface area contributed by atoms with Crippen molar-refractivity contribution in [1.82, 2.24) is 10.1 Å². The second-order valence-corrected chi connectivity index (χ2v) is 4.99. The van der Waals surface area contributed by atoms with Gasteiger partial charge in [-0.25, -0.2) is 0 Å². The van der Waals surface area contributed by atoms with E-state index in [4.69, 9.17) is 4.52 Å². The van der Waals surface area contributed by atoms with E-state index >= 15 is 0 Å². The maximum Gasteiger partial charge on any atom is 0.138 e. The Hall–Kier alpha value is -2.36. The molecular weight excluding hydrogens is 250 g/mol. The van der Waals surface area contributed by atoms with Gasteiger partial charge in [0.2, 0.25) is 0 Å². The second-order valence-electron chi connectivity index (χ2n) is 4.99. The van der Waals surface area contributed by atoms with Gasteiger partial charge < -0.3 is 9.84 Å². The molecule has 2 heterocycles. The topological polar surface area (TPSA) is 51.0 Å². The number of anilines is 1. The summed E-state index contributed by atoms with van der Waals surface area (Å²) in [6.45, 7) is 6.59. The molecule has 2 aromatic heterocycles. The van der Waals surface area contributed by atoms with Crippen molar-refractivity contribution in [2.45, 2.75) is 27.3 Å². The van der Waals surface area contributed by atoms with Crippen LogP contribution in [0.1, 0.15) is 22.7 Å². The molecule has 0 unspecified atom stereocenters. The van der Waals surface area contributed by atoms with Gasteiger partial charge in [-0.2, -0.15) is 0 Å². The monoisotopic (exact) mass is 267 g/mol. The number of para-hydroxylation sites is 1. The normalized spacial score (nSPS) is 10.9. The lowest BCUT2D eigenvalue weighted by Gasteiger charge is -2.09. The molecule has 0 aliphatic heterocycles. The van der Waals surface area contributed by atoms with Crippen LogP contribution in [0.4, 0.5) is 5.69 Å². The minimum atomic E-state index is 0.690. The van der Waals surface area contributed by atoms with Gasteiger partial charge in [-0.3, -0.25) is 4.98 Å². The molecule has 102 valence electrons. The third-order valence-electron chi connectivity index (χ3n) is 3.50. The van der Waals surface area contributed by atoms with Crippen LogP contribution in [0.15, 0.2) is 34.9 Å². The first-order valence-electron chi connectivity index (χ1n) is 6.67. The van der Waals surface area contributed by atoms with E-state index < -0.39 is 0 Å². The van der Waals surface area contributed by atoms with Crippen molar-refractivity contribution < 1.29 is 4.52 Å². The molecule has 1 N–H and O–H groups in total. The summed E-state index contributed by atoms with van der Waals surface area (Å²) in [5, 5.41) is 8.55. The first-order chi connectivity index (χ1) is 9.65. The molecule has 0 radical (unpaired) electrons. The summed E-state index contributed by atoms with van der Waals surface area (Å²) < 4.78 is 5.18. The molecule has 20 heavy (non-hydrogen) atoms. The van der Waals surface area contributed by atoms with Gasteiger partial charge in [0, 0.05) is 23.2 Å². The number of aromatic nitrogens is 2. The van der Waals surface area contributed by atoms with E-state index in [-0.39, 0.29) is 0 Å². The number of hydrogen-bond acceptors (Lipinski definition) is 4. The Morgan fingerprint density at radius 2 is 1.95 bits per heavy atom. The largest absolute Gasteiger partial charge is 0.379 e. The van der Waals surface area contributed by atoms with E-state index in [0.29, 0.717) is 6.54 Å². The van der Waals surface area contributed by atoms with Gasteiger partial charge >= 0.3 is 0 Å². The van der Waals surface area contributed by atoms with Crippen molar-refractivity contribution in [3.63, 3.8) is 0 Å². The molecule has 0 saturated carbocycles. The molecule has 4 heteroatoms. The van der Waals surface area contributed by atoms with Gasteiger partial charge in [0.05, 0.1) is 16.9 Å². The highest BCUT2D eigenvalue weighted by Gasteiger charge is 2.09. The van der Waals surface area contributed by atoms with Crippen LogP contribution in [0.3, 0.4) is 0 Å². The zero-order chi connectivity index (χ0) is 14.1. The van der Waals surface area contributed by atoms with Crippen molar-refractivity contribution >= 4 is 16.6 Å². The third kappa shape index (κ3) is 2.25. The predicted molar refractivity (Wildman–Crippen MR) is 79.8 cm³/mol. The zero-order valence-corrected chi connectivity index (χ0v) is 11.9. The van der Waals surface area contributed by atoms with Gasteiger partial charge in [0.1, 0.15) is 5.76 Å². The fraction of sp³-hybridized carbons (Fsp3) is 0.250. The summed E-state index contributed by atoms with van der Waals surface area (Å²) in [6, 6.07) is 10.3. The van der Waals surface area contributed by atoms with Crippen LogP contribution in [-0.2, 0) is 6.54 Å². The SMILES string of the molecule is Cc1ccc2cccc(NCc3c(C)noc3C)c2n1. The highest BCUT2D eigenvalue weighted by atomic mass is 16.5. The molecule has 0 spiro atoms. The molecule has 0 amide bonds. The molecule has 0 atom stereocenters. The smallest absolute Gasteiger partial charge is 0.138 e. The molecular formula is C16H17N3O. The van der Waals surface area contributed by atoms with Gasteiger partial charge in [-0.15, -0.1) is 0 Å². The number of nitrogens with one attached hydrogen (secondary N) is 1. The Bertz CT molecular complexity index is 742. The van der Waals surface area contributed by atoms with Crippen molar-refractivity contribution in [2.75, 3.05) is 5.32 Å². The number of benzene rings is 1. The van der Waals surface area contributed by atoms with E-state index in [1.54, 1.807) is 0 Å². The average molecular weight is 267 g/mol. The highest BCUT2D eigenvalue weighted by Crippen LogP contribution is 2.23. The van der Waals surface area contributed by atoms with E-state index in [1.807, 2.05) is 39.0 Å². The summed E-state index contributed by atoms with van der Waals surface area (Å²) >= 11 is 0. The predicted octanol–water partition coefficient (Wildman–Crippen LogP) is 3.76. The van der Waals surface area contributed by atoms with Gasteiger partial charge in [-0.1, -0.05) is 23.4 Å². The van der Waals surface area contributed by atoms with Crippen LogP contribution in [0.25, 0.3) is 10.9 Å². The second kappa shape index (κ2) is 4.96. The first kappa shape index (κ1) is 12.7. The molecule has 0 saturated heterocycles. The molecule has 4 nitrogen and oxygen atoms in total. The number of rotatable bonds is 3. The lowest BCUT2D eigenvalue weighted by molar-refractivity contribution is 0.392. The van der Waals surface area contributed by atoms with Crippen LogP contribution in [0.5, 0.6) is 0 Å². The molecule has 0 aliphatic rings. The van der Waals surface area contributed by atoms with Gasteiger partial charge in [0.15, 0.2) is 0 Å². The van der Waals surface area contributed by atoms with E-state index in [2.05, 4.69) is 27.6 Å². The number of hydrogen-bond donors (Lipinski definition) is 1. The number of fused-ring (bicyclic) bond motifs is 1. The molecule has 0 fully saturated rings. The van der Waals surface area contributed by atoms with Crippen molar-refractivity contribution in [1.29, 1.82) is 0 Å². The van der Waals surface area contributed by atoms with Crippen molar-refractivity contribution in [3.8, 4) is 0 Å². The maximum atomic E-state index is 5.18. The molecule has 3 aromatic rings. The third-order valence-corrected chi connectivity index (χ3v) is 3.50. The van der Waals surface area contributed by atoms with Crippen LogP contribution in [-0.4, -0.2) is 10.1 Å². The van der Waals surface area contributed by atoms with Crippen LogP contribution in [0.2, 0.25) is 0 Å². The summed E-state index contributed by atoms with van der Waals surface area (Å²) in [4.78, 5) is 4.62. The quantitative estimate of drug-likeness (QED) is 0.785. The molecule has 3 rings (SSSR count). The Balaban J connectivity index is 1.93. The Morgan fingerprint density at radius 3 is 2.70 bits per heavy atom. The summed E-state index contributed by atoms with van der Waals surface area (Å²) in [5.41, 5.74) is 5.09. The Morgan fingerprint density at radius 1 is 1.10 bits per heavy atom. The molecule has 0 aliphatic carbocycles. The van der Waals surface area contributed by atoms with Gasteiger partial charge in [0.25, 0.3) is 0 Å². The molecule has 0 bridgehead atoms. The number of nitrogens with zero attached hydrogens (tertiary/aromatic N) is 2. The minimum Gasteiger partial charge on any atom is -0.379 e. The fourth-order valence-corrected chi connectivity index (χ4v) is 2.33. The Labute approximate surface area is 117 Å².